The van der Waals surface area contributed by atoms with Crippen LogP contribution in [0.2, 0.25) is 10.0 Å². The first-order valence-electron chi connectivity index (χ1n) is 12.8. The van der Waals surface area contributed by atoms with E-state index < -0.39 is 0 Å². The van der Waals surface area contributed by atoms with E-state index in [4.69, 9.17) is 27.7 Å². The first-order chi connectivity index (χ1) is 18.0. The van der Waals surface area contributed by atoms with Crippen molar-refractivity contribution in [3.8, 4) is 11.4 Å². The minimum atomic E-state index is 0.00591. The number of carbonyl (C=O) groups excluding carboxylic acids is 1. The van der Waals surface area contributed by atoms with Gasteiger partial charge in [-0.15, -0.1) is 0 Å². The third kappa shape index (κ3) is 6.79. The number of benzene rings is 2. The molecule has 7 nitrogen and oxygen atoms in total. The topological polar surface area (TPSA) is 65.7 Å². The predicted molar refractivity (Wildman–Crippen MR) is 146 cm³/mol. The van der Waals surface area contributed by atoms with Crippen molar-refractivity contribution >= 4 is 35.2 Å². The van der Waals surface area contributed by atoms with Gasteiger partial charge >= 0.3 is 0 Å². The Kier molecular flexibility index (Phi) is 8.56. The Morgan fingerprint density at radius 2 is 1.84 bits per heavy atom. The van der Waals surface area contributed by atoms with Gasteiger partial charge in [0.15, 0.2) is 0 Å². The highest BCUT2D eigenvalue weighted by molar-refractivity contribution is 6.36. The fourth-order valence-corrected chi connectivity index (χ4v) is 5.50. The van der Waals surface area contributed by atoms with E-state index in [1.54, 1.807) is 18.2 Å². The summed E-state index contributed by atoms with van der Waals surface area (Å²) in [6.07, 6.45) is 6.26. The molecule has 1 unspecified atom stereocenters. The Morgan fingerprint density at radius 1 is 1.03 bits per heavy atom. The van der Waals surface area contributed by atoms with Crippen molar-refractivity contribution in [3.63, 3.8) is 0 Å². The van der Waals surface area contributed by atoms with Gasteiger partial charge in [-0.2, -0.15) is 4.98 Å². The van der Waals surface area contributed by atoms with Gasteiger partial charge in [-0.1, -0.05) is 70.8 Å². The average molecular weight is 540 g/mol. The highest BCUT2D eigenvalue weighted by Crippen LogP contribution is 2.29. The first-order valence-corrected chi connectivity index (χ1v) is 13.5. The van der Waals surface area contributed by atoms with Crippen molar-refractivity contribution < 1.29 is 9.32 Å². The van der Waals surface area contributed by atoms with Crippen molar-refractivity contribution in [1.29, 1.82) is 0 Å². The molecule has 0 bridgehead atoms. The molecule has 2 aliphatic heterocycles. The van der Waals surface area contributed by atoms with Crippen LogP contribution in [0.1, 0.15) is 24.3 Å². The summed E-state index contributed by atoms with van der Waals surface area (Å²) in [4.78, 5) is 24.5. The minimum Gasteiger partial charge on any atom is -0.340 e. The van der Waals surface area contributed by atoms with Crippen LogP contribution < -0.4 is 0 Å². The van der Waals surface area contributed by atoms with Gasteiger partial charge in [0.2, 0.25) is 17.6 Å². The molecule has 2 aliphatic rings. The van der Waals surface area contributed by atoms with E-state index in [0.717, 1.165) is 52.1 Å². The van der Waals surface area contributed by atoms with Crippen molar-refractivity contribution in [2.45, 2.75) is 19.4 Å². The minimum absolute atomic E-state index is 0.00591. The van der Waals surface area contributed by atoms with Crippen molar-refractivity contribution in [3.05, 3.63) is 76.1 Å². The highest BCUT2D eigenvalue weighted by atomic mass is 35.5. The third-order valence-electron chi connectivity index (χ3n) is 7.01. The summed E-state index contributed by atoms with van der Waals surface area (Å²) >= 11 is 12.3. The summed E-state index contributed by atoms with van der Waals surface area (Å²) in [6.45, 7) is 6.40. The van der Waals surface area contributed by atoms with Crippen molar-refractivity contribution in [2.75, 3.05) is 45.8 Å². The molecule has 0 N–H and O–H groups in total. The molecule has 3 heterocycles. The molecule has 2 saturated heterocycles. The first kappa shape index (κ1) is 25.9. The van der Waals surface area contributed by atoms with Crippen LogP contribution in [0.15, 0.2) is 59.1 Å². The number of carbonyl (C=O) groups is 1. The maximum absolute atomic E-state index is 13.3. The second-order valence-corrected chi connectivity index (χ2v) is 10.5. The molecule has 0 saturated carbocycles. The molecule has 2 fully saturated rings. The van der Waals surface area contributed by atoms with Gasteiger partial charge in [0, 0.05) is 49.9 Å². The molecule has 194 valence electrons. The van der Waals surface area contributed by atoms with Crippen LogP contribution in [0.25, 0.3) is 17.5 Å². The summed E-state index contributed by atoms with van der Waals surface area (Å²) in [5.74, 6) is 1.23. The molecule has 9 heteroatoms. The fraction of sp³-hybridized carbons (Fsp3) is 0.393. The van der Waals surface area contributed by atoms with Crippen molar-refractivity contribution in [2.24, 2.45) is 5.92 Å². The van der Waals surface area contributed by atoms with Gasteiger partial charge in [0.1, 0.15) is 0 Å². The van der Waals surface area contributed by atoms with Gasteiger partial charge in [-0.25, -0.2) is 0 Å². The quantitative estimate of drug-likeness (QED) is 0.415. The average Bonchev–Trinajstić information content (AvgIpc) is 3.37. The van der Waals surface area contributed by atoms with Crippen LogP contribution in [0.3, 0.4) is 0 Å². The number of hydrogen-bond acceptors (Lipinski definition) is 6. The SMILES string of the molecule is O=C(C1CCCN(Cc2nc(-c3ccc(Cl)cc3Cl)no2)C1)N1CCN(C/C=C/c2ccccc2)CC1. The number of nitrogens with zero attached hydrogens (tertiary/aromatic N) is 5. The molecule has 1 atom stereocenters. The van der Waals surface area contributed by atoms with Crippen LogP contribution in [0.4, 0.5) is 0 Å². The number of piperidine rings is 1. The zero-order chi connectivity index (χ0) is 25.6. The number of amides is 1. The number of hydrogen-bond donors (Lipinski definition) is 0. The van der Waals surface area contributed by atoms with Crippen LogP contribution in [-0.2, 0) is 11.3 Å². The third-order valence-corrected chi connectivity index (χ3v) is 7.56. The van der Waals surface area contributed by atoms with E-state index in [1.165, 1.54) is 5.56 Å². The normalized spacial score (nSPS) is 19.5. The van der Waals surface area contributed by atoms with E-state index in [2.05, 4.69) is 44.2 Å². The lowest BCUT2D eigenvalue weighted by molar-refractivity contribution is -0.139. The van der Waals surface area contributed by atoms with E-state index in [0.29, 0.717) is 40.4 Å². The predicted octanol–water partition coefficient (Wildman–Crippen LogP) is 5.11. The number of likely N-dealkylation sites (tertiary alicyclic amines) is 1. The summed E-state index contributed by atoms with van der Waals surface area (Å²) in [7, 11) is 0. The lowest BCUT2D eigenvalue weighted by atomic mass is 9.96. The van der Waals surface area contributed by atoms with Crippen LogP contribution in [0.5, 0.6) is 0 Å². The summed E-state index contributed by atoms with van der Waals surface area (Å²) < 4.78 is 5.49. The maximum atomic E-state index is 13.3. The van der Waals surface area contributed by atoms with Crippen LogP contribution in [0, 0.1) is 5.92 Å². The molecule has 37 heavy (non-hydrogen) atoms. The van der Waals surface area contributed by atoms with E-state index >= 15 is 0 Å². The van der Waals surface area contributed by atoms with Gasteiger partial charge in [0.05, 0.1) is 17.5 Å². The highest BCUT2D eigenvalue weighted by Gasteiger charge is 2.31. The summed E-state index contributed by atoms with van der Waals surface area (Å²) in [5.41, 5.74) is 1.89. The van der Waals surface area contributed by atoms with Gasteiger partial charge < -0.3 is 9.42 Å². The van der Waals surface area contributed by atoms with Gasteiger partial charge in [0.25, 0.3) is 0 Å². The molecule has 0 aliphatic carbocycles. The lowest BCUT2D eigenvalue weighted by Gasteiger charge is -2.38. The standard InChI is InChI=1S/C28H31Cl2N5O2/c29-23-10-11-24(25(30)18-23)27-31-26(37-32-27)20-34-13-5-9-22(19-34)28(36)35-16-14-33(15-17-35)12-4-8-21-6-2-1-3-7-21/h1-4,6-8,10-11,18,22H,5,9,12-17,19-20H2/b8-4+. The molecule has 5 rings (SSSR count). The molecule has 1 amide bonds. The molecular weight excluding hydrogens is 509 g/mol. The Balaban J connectivity index is 1.10. The molecular formula is C28H31Cl2N5O2. The summed E-state index contributed by atoms with van der Waals surface area (Å²) in [6, 6.07) is 15.5. The number of aromatic nitrogens is 2. The summed E-state index contributed by atoms with van der Waals surface area (Å²) in [5, 5.41) is 5.13. The van der Waals surface area contributed by atoms with E-state index in [-0.39, 0.29) is 11.8 Å². The monoisotopic (exact) mass is 539 g/mol. The van der Waals surface area contributed by atoms with Crippen molar-refractivity contribution in [1.82, 2.24) is 24.8 Å². The Bertz CT molecular complexity index is 1220. The number of halogens is 2. The Labute approximate surface area is 227 Å². The van der Waals surface area contributed by atoms with E-state index in [9.17, 15) is 4.79 Å². The number of rotatable bonds is 7. The molecule has 0 radical (unpaired) electrons. The van der Waals surface area contributed by atoms with Crippen LogP contribution in [-0.4, -0.2) is 76.6 Å². The Hall–Kier alpha value is -2.71. The molecule has 0 spiro atoms. The molecule has 2 aromatic carbocycles. The van der Waals surface area contributed by atoms with E-state index in [1.807, 2.05) is 23.1 Å². The maximum Gasteiger partial charge on any atom is 0.241 e. The smallest absolute Gasteiger partial charge is 0.241 e. The zero-order valence-corrected chi connectivity index (χ0v) is 22.2. The number of piperazine rings is 1. The zero-order valence-electron chi connectivity index (χ0n) is 20.7. The second kappa shape index (κ2) is 12.2. The van der Waals surface area contributed by atoms with Crippen LogP contribution >= 0.6 is 23.2 Å². The van der Waals surface area contributed by atoms with Gasteiger partial charge in [-0.3, -0.25) is 14.6 Å². The molecule has 1 aromatic heterocycles. The Morgan fingerprint density at radius 3 is 2.62 bits per heavy atom. The van der Waals surface area contributed by atoms with Gasteiger partial charge in [-0.05, 0) is 43.1 Å². The largest absolute Gasteiger partial charge is 0.340 e. The lowest BCUT2D eigenvalue weighted by Crippen LogP contribution is -2.52. The molecule has 3 aromatic rings. The second-order valence-electron chi connectivity index (χ2n) is 9.65. The fourth-order valence-electron chi connectivity index (χ4n) is 5.00.